The van der Waals surface area contributed by atoms with Crippen molar-refractivity contribution < 1.29 is 109 Å². The normalized spacial score (nSPS) is 28.5. The van der Waals surface area contributed by atoms with E-state index in [1.165, 1.54) is 23.2 Å². The Bertz CT molecular complexity index is 4760. The minimum atomic E-state index is -1.84. The van der Waals surface area contributed by atoms with Crippen LogP contribution in [0.3, 0.4) is 0 Å². The van der Waals surface area contributed by atoms with Crippen LogP contribution < -0.4 is 10.6 Å². The molecule has 6 aliphatic heterocycles. The maximum absolute atomic E-state index is 12.6. The number of fused-ring (bicyclic) bond motifs is 8. The van der Waals surface area contributed by atoms with Gasteiger partial charge in [0, 0.05) is 58.2 Å². The van der Waals surface area contributed by atoms with Crippen molar-refractivity contribution in [3.63, 3.8) is 0 Å². The molecule has 0 aliphatic carbocycles. The van der Waals surface area contributed by atoms with E-state index in [0.29, 0.717) is 56.6 Å². The molecule has 6 aliphatic rings. The number of ether oxygens (including phenoxy) is 8. The lowest BCUT2D eigenvalue weighted by Gasteiger charge is -2.47. The number of aromatic amines is 2. The summed E-state index contributed by atoms with van der Waals surface area (Å²) in [7, 11) is 0. The molecule has 15 rings (SSSR count). The number of nitrogens with zero attached hydrogens (tertiary/aromatic N) is 8. The molecule has 0 radical (unpaired) electrons. The number of amides is 2. The highest BCUT2D eigenvalue weighted by atomic mass is 16.7. The van der Waals surface area contributed by atoms with E-state index < -0.39 is 161 Å². The smallest absolute Gasteiger partial charge is 0.217 e. The lowest BCUT2D eigenvalue weighted by atomic mass is 9.95. The molecule has 11 heterocycles. The van der Waals surface area contributed by atoms with Crippen molar-refractivity contribution in [2.75, 3.05) is 26.4 Å². The fourth-order valence-electron chi connectivity index (χ4n) is 14.7. The molecule has 0 saturated carbocycles. The second kappa shape index (κ2) is 33.3. The van der Waals surface area contributed by atoms with Crippen molar-refractivity contribution in [1.82, 2.24) is 60.6 Å². The first-order valence-corrected chi connectivity index (χ1v) is 36.2. The minimum Gasteiger partial charge on any atom is -0.394 e. The van der Waals surface area contributed by atoms with Crippen LogP contribution in [0.4, 0.5) is 0 Å². The van der Waals surface area contributed by atoms with Crippen molar-refractivity contribution >= 4 is 58.2 Å². The van der Waals surface area contributed by atoms with Gasteiger partial charge in [0.2, 0.25) is 11.8 Å². The molecule has 4 aromatic carbocycles. The molecule has 112 heavy (non-hydrogen) atoms. The van der Waals surface area contributed by atoms with Gasteiger partial charge < -0.3 is 120 Å². The second-order valence-corrected chi connectivity index (χ2v) is 27.7. The third-order valence-electron chi connectivity index (χ3n) is 20.3. The minimum absolute atomic E-state index is 0.268. The number of carbonyl (C=O) groups is 2. The Kier molecular flexibility index (Phi) is 23.0. The van der Waals surface area contributed by atoms with Gasteiger partial charge in [0.1, 0.15) is 109 Å². The van der Waals surface area contributed by atoms with Gasteiger partial charge in [-0.25, -0.2) is 19.3 Å². The van der Waals surface area contributed by atoms with E-state index in [4.69, 9.17) is 47.9 Å². The highest BCUT2D eigenvalue weighted by molar-refractivity contribution is 6.00. The highest BCUT2D eigenvalue weighted by Gasteiger charge is 2.54. The standard InChI is InChI=1S/C78H82N12O22/c1-37(95)79-63-67(99)73(111-77-71(103)69(101)65(97)55(31-91)107-77)57(33-93)109-75(63)105-35-43-29-89(87-85-43)45-17-13-41(14-18-45)61-51-25-23-49(82-51)59(39-9-5-3-6-10-39)47-21-22-48(81-47)60(40-11-7-4-8-12-40)50-24-26-52(83-50)62(54-28-27-53(61)84-54)42-15-19-46(20-16-42)90-30-44(86-88-90)36-106-76-64(80-38(2)96)68(100)74(58(34-94)110-76)112-78-72(104)70(102)66(98)56(32-92)108-78/h3-30,55-58,63-78,81,84,91-94,97-104H,31-36H2,1-2H3,(H,79,95)(H,80,96)/t55-,56-,57-,58-,63-,64-,65+,66+,67-,68-,69+,70+,71-,72-,73-,74-,75-,76-,77+,78+/m1/s1. The van der Waals surface area contributed by atoms with Gasteiger partial charge in [0.15, 0.2) is 25.2 Å². The number of aliphatic hydroxyl groups excluding tert-OH is 12. The molecule has 2 amide bonds. The van der Waals surface area contributed by atoms with E-state index in [1.807, 2.05) is 146 Å². The molecular weight excluding hydrogens is 1460 g/mol. The maximum Gasteiger partial charge on any atom is 0.217 e. The molecule has 586 valence electrons. The number of rotatable bonds is 22. The number of nitrogens with one attached hydrogen (secondary N) is 4. The van der Waals surface area contributed by atoms with Gasteiger partial charge in [-0.05, 0) is 95.1 Å². The molecule has 34 heteroatoms. The number of aliphatic hydroxyl groups is 12. The lowest BCUT2D eigenvalue weighted by molar-refractivity contribution is -0.349. The van der Waals surface area contributed by atoms with Crippen molar-refractivity contribution in [2.24, 2.45) is 0 Å². The molecule has 8 bridgehead atoms. The molecule has 20 atom stereocenters. The van der Waals surface area contributed by atoms with Gasteiger partial charge in [-0.2, -0.15) is 0 Å². The molecule has 34 nitrogen and oxygen atoms in total. The van der Waals surface area contributed by atoms with Crippen LogP contribution in [-0.2, 0) is 60.7 Å². The van der Waals surface area contributed by atoms with Crippen LogP contribution in [0, 0.1) is 0 Å². The quantitative estimate of drug-likeness (QED) is 0.0451. The third kappa shape index (κ3) is 15.6. The molecule has 16 N–H and O–H groups in total. The second-order valence-electron chi connectivity index (χ2n) is 27.7. The zero-order valence-corrected chi connectivity index (χ0v) is 60.0. The summed E-state index contributed by atoms with van der Waals surface area (Å²) in [5.74, 6) is -1.17. The van der Waals surface area contributed by atoms with Crippen LogP contribution >= 0.6 is 0 Å². The molecule has 0 unspecified atom stereocenters. The summed E-state index contributed by atoms with van der Waals surface area (Å²) in [5.41, 5.74) is 14.1. The van der Waals surface area contributed by atoms with Gasteiger partial charge in [0.25, 0.3) is 0 Å². The zero-order valence-electron chi connectivity index (χ0n) is 60.0. The van der Waals surface area contributed by atoms with E-state index in [0.717, 1.165) is 55.5 Å². The van der Waals surface area contributed by atoms with Gasteiger partial charge in [-0.1, -0.05) is 95.4 Å². The Balaban J connectivity index is 0.739. The van der Waals surface area contributed by atoms with Crippen LogP contribution in [0.5, 0.6) is 0 Å². The van der Waals surface area contributed by atoms with Gasteiger partial charge >= 0.3 is 0 Å². The summed E-state index contributed by atoms with van der Waals surface area (Å²) in [6.07, 6.45) is -17.4. The summed E-state index contributed by atoms with van der Waals surface area (Å²) >= 11 is 0. The molecular formula is C78H82N12O22. The largest absolute Gasteiger partial charge is 0.394 e. The van der Waals surface area contributed by atoms with Gasteiger partial charge in [-0.3, -0.25) is 9.59 Å². The average Bonchev–Trinajstić information content (AvgIpc) is 1.17. The summed E-state index contributed by atoms with van der Waals surface area (Å²) < 4.78 is 50.1. The van der Waals surface area contributed by atoms with Crippen LogP contribution in [0.15, 0.2) is 146 Å². The Morgan fingerprint density at radius 1 is 0.402 bits per heavy atom. The number of aromatic nitrogens is 10. The molecule has 0 spiro atoms. The maximum atomic E-state index is 12.6. The topological polar surface area (TPSA) is 494 Å². The predicted octanol–water partition coefficient (Wildman–Crippen LogP) is 1.05. The third-order valence-corrected chi connectivity index (χ3v) is 20.3. The van der Waals surface area contributed by atoms with Crippen LogP contribution in [-0.4, -0.2) is 272 Å². The first-order chi connectivity index (χ1) is 54.3. The number of carbonyl (C=O) groups excluding carboxylic acids is 2. The zero-order chi connectivity index (χ0) is 78.2. The molecule has 5 aromatic heterocycles. The average molecular weight is 1540 g/mol. The lowest BCUT2D eigenvalue weighted by Crippen LogP contribution is -2.67. The Morgan fingerprint density at radius 2 is 0.723 bits per heavy atom. The Hall–Kier alpha value is -10.1. The first kappa shape index (κ1) is 77.2. The van der Waals surface area contributed by atoms with Crippen LogP contribution in [0.25, 0.3) is 102 Å². The molecule has 9 aromatic rings. The highest BCUT2D eigenvalue weighted by Crippen LogP contribution is 2.41. The van der Waals surface area contributed by atoms with Gasteiger partial charge in [-0.15, -0.1) is 10.2 Å². The van der Waals surface area contributed by atoms with E-state index in [9.17, 15) is 70.9 Å². The van der Waals surface area contributed by atoms with Crippen molar-refractivity contribution in [1.29, 1.82) is 0 Å². The monoisotopic (exact) mass is 1540 g/mol. The Labute approximate surface area is 637 Å². The number of benzene rings is 4. The summed E-state index contributed by atoms with van der Waals surface area (Å²) in [4.78, 5) is 43.6. The van der Waals surface area contributed by atoms with Crippen molar-refractivity contribution in [2.45, 2.75) is 150 Å². The van der Waals surface area contributed by atoms with Crippen LogP contribution in [0.1, 0.15) is 48.0 Å². The fraction of sp³-hybridized carbons (Fsp3) is 0.359. The SMILES string of the molecule is CC(=O)N[C@H]1[C@H](OCc2cn(-c3ccc(-c4c5nc(c(-c6ccccc6)c6ccc([nH]6)c(-c6ccccc6)c6nc(c(-c7ccc(-n8cc(CO[C@@H]9O[C@H](CO)[C@@H](O[C@@H]%10O[C@H](CO)[C@H](O)[C@H](O)[C@H]%10O)[C@H](O)[C@H]9NC(C)=O)nn8)cc7)c7ccc4[nH]7)C=C6)C=C5)cc3)nn2)O[C@H](CO)[C@@H](O[C@@H]2O[C@H](CO)[C@H](O)[C@H](O)[C@H]2O)[C@@H]1O. The van der Waals surface area contributed by atoms with Crippen molar-refractivity contribution in [3.05, 3.63) is 180 Å². The predicted molar refractivity (Wildman–Crippen MR) is 396 cm³/mol. The Morgan fingerprint density at radius 3 is 1.04 bits per heavy atom. The number of H-pyrrole nitrogens is 2. The van der Waals surface area contributed by atoms with Crippen molar-refractivity contribution in [3.8, 4) is 55.9 Å². The fourth-order valence-corrected chi connectivity index (χ4v) is 14.7. The van der Waals surface area contributed by atoms with Gasteiger partial charge in [0.05, 0.1) is 86.2 Å². The first-order valence-electron chi connectivity index (χ1n) is 36.2. The number of hydrogen-bond donors (Lipinski definition) is 16. The van der Waals surface area contributed by atoms with E-state index in [2.05, 4.69) is 53.4 Å². The molecule has 4 saturated heterocycles. The van der Waals surface area contributed by atoms with E-state index in [-0.39, 0.29) is 13.2 Å². The summed E-state index contributed by atoms with van der Waals surface area (Å²) in [5, 5.41) is 150. The van der Waals surface area contributed by atoms with E-state index in [1.54, 1.807) is 12.4 Å². The van der Waals surface area contributed by atoms with Crippen LogP contribution in [0.2, 0.25) is 0 Å². The summed E-state index contributed by atoms with van der Waals surface area (Å²) in [6, 6.07) is 40.7. The molecule has 4 fully saturated rings. The summed E-state index contributed by atoms with van der Waals surface area (Å²) in [6.45, 7) is -1.12. The van der Waals surface area contributed by atoms with E-state index >= 15 is 0 Å². The number of hydrogen-bond acceptors (Lipinski definition) is 28.